The van der Waals surface area contributed by atoms with E-state index < -0.39 is 9.05 Å². The summed E-state index contributed by atoms with van der Waals surface area (Å²) in [7, 11) is 1.28. The van der Waals surface area contributed by atoms with Crippen molar-refractivity contribution in [1.82, 2.24) is 4.90 Å². The van der Waals surface area contributed by atoms with E-state index >= 15 is 0 Å². The van der Waals surface area contributed by atoms with Crippen LogP contribution in [0, 0.1) is 5.41 Å². The minimum absolute atomic E-state index is 0.0377. The molecular formula is C13H14Cl3NO3S. The average Bonchev–Trinajstić information content (AvgIpc) is 2.67. The fourth-order valence-corrected chi connectivity index (χ4v) is 4.16. The van der Waals surface area contributed by atoms with Gasteiger partial charge in [-0.25, -0.2) is 8.42 Å². The Hall–Kier alpha value is -0.490. The van der Waals surface area contributed by atoms with Crippen molar-refractivity contribution in [2.24, 2.45) is 5.41 Å². The Morgan fingerprint density at radius 1 is 1.24 bits per heavy atom. The fourth-order valence-electron chi connectivity index (χ4n) is 2.34. The first-order chi connectivity index (χ1) is 9.51. The van der Waals surface area contributed by atoms with Crippen LogP contribution in [0.3, 0.4) is 0 Å². The Kier molecular flexibility index (Phi) is 4.51. The minimum Gasteiger partial charge on any atom is -0.338 e. The van der Waals surface area contributed by atoms with Crippen LogP contribution in [0.1, 0.15) is 30.6 Å². The van der Waals surface area contributed by atoms with Gasteiger partial charge in [0, 0.05) is 23.8 Å². The first-order valence-electron chi connectivity index (χ1n) is 6.24. The average molecular weight is 371 g/mol. The lowest BCUT2D eigenvalue weighted by Crippen LogP contribution is -2.30. The van der Waals surface area contributed by atoms with Gasteiger partial charge in [0.15, 0.2) is 0 Å². The number of hydrogen-bond donors (Lipinski definition) is 0. The molecule has 21 heavy (non-hydrogen) atoms. The largest absolute Gasteiger partial charge is 0.338 e. The second-order valence-electron chi connectivity index (χ2n) is 5.84. The fraction of sp³-hybridized carbons (Fsp3) is 0.462. The molecule has 1 aromatic carbocycles. The predicted octanol–water partition coefficient (Wildman–Crippen LogP) is 3.79. The van der Waals surface area contributed by atoms with E-state index in [4.69, 9.17) is 33.9 Å². The molecule has 0 N–H and O–H groups in total. The Bertz CT molecular complexity index is 701. The van der Waals surface area contributed by atoms with E-state index in [2.05, 4.69) is 13.8 Å². The zero-order chi connectivity index (χ0) is 16.0. The molecule has 0 spiro atoms. The molecule has 0 aliphatic carbocycles. The highest BCUT2D eigenvalue weighted by Gasteiger charge is 2.33. The number of halogens is 3. The van der Waals surface area contributed by atoms with E-state index in [0.29, 0.717) is 13.1 Å². The quantitative estimate of drug-likeness (QED) is 0.744. The Morgan fingerprint density at radius 3 is 2.33 bits per heavy atom. The molecule has 0 radical (unpaired) electrons. The third-order valence-electron chi connectivity index (χ3n) is 3.48. The van der Waals surface area contributed by atoms with Crippen LogP contribution in [0.5, 0.6) is 0 Å². The summed E-state index contributed by atoms with van der Waals surface area (Å²) < 4.78 is 23.0. The van der Waals surface area contributed by atoms with Gasteiger partial charge < -0.3 is 4.90 Å². The zero-order valence-electron chi connectivity index (χ0n) is 11.5. The standard InChI is InChI=1S/C13H14Cl3NO3S/c1-13(2)3-4-17(7-13)12(18)8-5-11(21(16,19)20)10(15)6-9(8)14/h5-6H,3-4,7H2,1-2H3. The van der Waals surface area contributed by atoms with Crippen molar-refractivity contribution in [3.05, 3.63) is 27.7 Å². The number of rotatable bonds is 2. The molecule has 2 rings (SSSR count). The molecule has 8 heteroatoms. The van der Waals surface area contributed by atoms with Crippen LogP contribution < -0.4 is 0 Å². The van der Waals surface area contributed by atoms with E-state index in [0.717, 1.165) is 12.5 Å². The first kappa shape index (κ1) is 16.9. The summed E-state index contributed by atoms with van der Waals surface area (Å²) in [6.07, 6.45) is 0.880. The van der Waals surface area contributed by atoms with Crippen molar-refractivity contribution in [3.8, 4) is 0 Å². The van der Waals surface area contributed by atoms with Crippen LogP contribution in [-0.4, -0.2) is 32.3 Å². The van der Waals surface area contributed by atoms with Gasteiger partial charge in [-0.3, -0.25) is 4.79 Å². The zero-order valence-corrected chi connectivity index (χ0v) is 14.6. The van der Waals surface area contributed by atoms with Crippen LogP contribution in [0.4, 0.5) is 0 Å². The van der Waals surface area contributed by atoms with Crippen LogP contribution in [-0.2, 0) is 9.05 Å². The summed E-state index contributed by atoms with van der Waals surface area (Å²) >= 11 is 11.8. The maximum Gasteiger partial charge on any atom is 0.262 e. The minimum atomic E-state index is -4.04. The van der Waals surface area contributed by atoms with Gasteiger partial charge in [0.1, 0.15) is 4.90 Å². The first-order valence-corrected chi connectivity index (χ1v) is 9.31. The van der Waals surface area contributed by atoms with Gasteiger partial charge in [-0.2, -0.15) is 0 Å². The molecule has 116 valence electrons. The molecule has 1 saturated heterocycles. The van der Waals surface area contributed by atoms with Crippen LogP contribution in [0.15, 0.2) is 17.0 Å². The van der Waals surface area contributed by atoms with Gasteiger partial charge in [-0.1, -0.05) is 37.0 Å². The molecule has 1 fully saturated rings. The molecule has 0 bridgehead atoms. The van der Waals surface area contributed by atoms with E-state index in [1.54, 1.807) is 4.90 Å². The third-order valence-corrected chi connectivity index (χ3v) is 5.58. The Labute approximate surface area is 138 Å². The molecular weight excluding hydrogens is 357 g/mol. The van der Waals surface area contributed by atoms with Crippen molar-refractivity contribution in [1.29, 1.82) is 0 Å². The maximum atomic E-state index is 12.5. The number of carbonyl (C=O) groups excluding carboxylic acids is 1. The SMILES string of the molecule is CC1(C)CCN(C(=O)c2cc(S(=O)(=O)Cl)c(Cl)cc2Cl)C1. The third kappa shape index (κ3) is 3.65. The van der Waals surface area contributed by atoms with Crippen LogP contribution >= 0.6 is 33.9 Å². The predicted molar refractivity (Wildman–Crippen MR) is 83.8 cm³/mol. The maximum absolute atomic E-state index is 12.5. The van der Waals surface area contributed by atoms with E-state index in [-0.39, 0.29) is 31.8 Å². The number of nitrogens with zero attached hydrogens (tertiary/aromatic N) is 1. The molecule has 1 aliphatic rings. The van der Waals surface area contributed by atoms with Crippen molar-refractivity contribution in [3.63, 3.8) is 0 Å². The van der Waals surface area contributed by atoms with Crippen molar-refractivity contribution in [2.75, 3.05) is 13.1 Å². The van der Waals surface area contributed by atoms with E-state index in [1.165, 1.54) is 6.07 Å². The van der Waals surface area contributed by atoms with Crippen molar-refractivity contribution < 1.29 is 13.2 Å². The van der Waals surface area contributed by atoms with Crippen molar-refractivity contribution >= 4 is 48.8 Å². The highest BCUT2D eigenvalue weighted by Crippen LogP contribution is 2.34. The van der Waals surface area contributed by atoms with Gasteiger partial charge in [-0.15, -0.1) is 0 Å². The number of benzene rings is 1. The second kappa shape index (κ2) is 5.61. The highest BCUT2D eigenvalue weighted by molar-refractivity contribution is 8.13. The normalized spacial score (nSPS) is 18.0. The molecule has 1 amide bonds. The van der Waals surface area contributed by atoms with Crippen LogP contribution in [0.25, 0.3) is 0 Å². The lowest BCUT2D eigenvalue weighted by atomic mass is 9.93. The van der Waals surface area contributed by atoms with E-state index in [9.17, 15) is 13.2 Å². The topological polar surface area (TPSA) is 54.5 Å². The molecule has 0 aromatic heterocycles. The molecule has 0 unspecified atom stereocenters. The molecule has 1 aromatic rings. The summed E-state index contributed by atoms with van der Waals surface area (Å²) in [6, 6.07) is 2.37. The number of hydrogen-bond acceptors (Lipinski definition) is 3. The van der Waals surface area contributed by atoms with Gasteiger partial charge in [0.25, 0.3) is 15.0 Å². The van der Waals surface area contributed by atoms with Crippen molar-refractivity contribution in [2.45, 2.75) is 25.2 Å². The van der Waals surface area contributed by atoms with Gasteiger partial charge >= 0.3 is 0 Å². The van der Waals surface area contributed by atoms with Gasteiger partial charge in [-0.05, 0) is 24.0 Å². The number of likely N-dealkylation sites (tertiary alicyclic amines) is 1. The Balaban J connectivity index is 2.43. The smallest absolute Gasteiger partial charge is 0.262 e. The van der Waals surface area contributed by atoms with E-state index in [1.807, 2.05) is 0 Å². The lowest BCUT2D eigenvalue weighted by molar-refractivity contribution is 0.0778. The van der Waals surface area contributed by atoms with Gasteiger partial charge in [0.2, 0.25) is 0 Å². The molecule has 0 atom stereocenters. The summed E-state index contributed by atoms with van der Waals surface area (Å²) in [5, 5.41) is 0.00655. The summed E-state index contributed by atoms with van der Waals surface area (Å²) in [5.41, 5.74) is 0.133. The number of amides is 1. The molecule has 4 nitrogen and oxygen atoms in total. The highest BCUT2D eigenvalue weighted by atomic mass is 35.7. The monoisotopic (exact) mass is 369 g/mol. The number of carbonyl (C=O) groups is 1. The van der Waals surface area contributed by atoms with Gasteiger partial charge in [0.05, 0.1) is 15.6 Å². The lowest BCUT2D eigenvalue weighted by Gasteiger charge is -2.20. The second-order valence-corrected chi connectivity index (χ2v) is 9.19. The van der Waals surface area contributed by atoms with Crippen LogP contribution in [0.2, 0.25) is 10.0 Å². The molecule has 1 heterocycles. The Morgan fingerprint density at radius 2 is 1.86 bits per heavy atom. The molecule has 0 saturated carbocycles. The summed E-state index contributed by atoms with van der Waals surface area (Å²) in [5.74, 6) is -0.316. The molecule has 1 aliphatic heterocycles. The summed E-state index contributed by atoms with van der Waals surface area (Å²) in [4.78, 5) is 13.9. The summed E-state index contributed by atoms with van der Waals surface area (Å²) in [6.45, 7) is 5.33.